The van der Waals surface area contributed by atoms with Crippen molar-refractivity contribution in [3.8, 4) is 0 Å². The van der Waals surface area contributed by atoms with E-state index < -0.39 is 0 Å². The molecule has 132 valence electrons. The first-order chi connectivity index (χ1) is 12.2. The van der Waals surface area contributed by atoms with Gasteiger partial charge in [-0.15, -0.1) is 11.3 Å². The number of rotatable bonds is 5. The van der Waals surface area contributed by atoms with Crippen molar-refractivity contribution in [2.24, 2.45) is 0 Å². The average molecular weight is 357 g/mol. The summed E-state index contributed by atoms with van der Waals surface area (Å²) in [7, 11) is 0. The van der Waals surface area contributed by atoms with Crippen molar-refractivity contribution in [2.45, 2.75) is 32.4 Å². The third kappa shape index (κ3) is 3.68. The maximum Gasteiger partial charge on any atom is 0.194 e. The third-order valence-electron chi connectivity index (χ3n) is 4.76. The standard InChI is InChI=1S/C18H23N5OS/c1-13-16(23-7-9-25-18(23)21-13)12-22-6-8-24-15(11-22)3-2-14-4-5-20-17(19)10-14/h4-5,7,9-10,15H,2-3,6,8,11-12H2,1H3,(H2,19,20). The molecule has 0 aromatic carbocycles. The van der Waals surface area contributed by atoms with Gasteiger partial charge in [-0.2, -0.15) is 0 Å². The van der Waals surface area contributed by atoms with E-state index in [1.807, 2.05) is 12.1 Å². The number of pyridine rings is 1. The molecule has 0 spiro atoms. The topological polar surface area (TPSA) is 68.7 Å². The minimum atomic E-state index is 0.259. The van der Waals surface area contributed by atoms with Crippen LogP contribution in [-0.2, 0) is 17.7 Å². The van der Waals surface area contributed by atoms with Crippen LogP contribution in [0.2, 0.25) is 0 Å². The van der Waals surface area contributed by atoms with E-state index in [1.165, 1.54) is 11.3 Å². The number of ether oxygens (including phenoxy) is 1. The lowest BCUT2D eigenvalue weighted by Gasteiger charge is -2.33. The summed E-state index contributed by atoms with van der Waals surface area (Å²) in [5, 5.41) is 2.09. The molecule has 1 fully saturated rings. The molecular weight excluding hydrogens is 334 g/mol. The molecule has 0 bridgehead atoms. The monoisotopic (exact) mass is 357 g/mol. The second kappa shape index (κ2) is 7.11. The highest BCUT2D eigenvalue weighted by Gasteiger charge is 2.22. The predicted molar refractivity (Wildman–Crippen MR) is 99.8 cm³/mol. The maximum atomic E-state index is 5.97. The van der Waals surface area contributed by atoms with Crippen LogP contribution >= 0.6 is 11.3 Å². The van der Waals surface area contributed by atoms with E-state index >= 15 is 0 Å². The number of nitrogen functional groups attached to an aromatic ring is 1. The minimum absolute atomic E-state index is 0.259. The third-order valence-corrected chi connectivity index (χ3v) is 5.51. The number of morpholine rings is 1. The van der Waals surface area contributed by atoms with E-state index in [0.717, 1.165) is 49.7 Å². The molecule has 0 saturated carbocycles. The molecule has 6 nitrogen and oxygen atoms in total. The van der Waals surface area contributed by atoms with E-state index in [2.05, 4.69) is 37.8 Å². The molecule has 7 heteroatoms. The number of anilines is 1. The minimum Gasteiger partial charge on any atom is -0.384 e. The lowest BCUT2D eigenvalue weighted by atomic mass is 10.1. The zero-order valence-electron chi connectivity index (χ0n) is 14.4. The van der Waals surface area contributed by atoms with Crippen LogP contribution < -0.4 is 5.73 Å². The van der Waals surface area contributed by atoms with Crippen LogP contribution in [0.15, 0.2) is 29.9 Å². The molecule has 4 heterocycles. The molecule has 1 unspecified atom stereocenters. The van der Waals surface area contributed by atoms with Crippen molar-refractivity contribution in [1.82, 2.24) is 19.3 Å². The smallest absolute Gasteiger partial charge is 0.194 e. The summed E-state index contributed by atoms with van der Waals surface area (Å²) < 4.78 is 8.19. The Kier molecular flexibility index (Phi) is 4.70. The number of hydrogen-bond donors (Lipinski definition) is 1. The van der Waals surface area contributed by atoms with E-state index in [9.17, 15) is 0 Å². The Morgan fingerprint density at radius 2 is 2.36 bits per heavy atom. The molecule has 25 heavy (non-hydrogen) atoms. The molecule has 2 N–H and O–H groups in total. The fourth-order valence-corrected chi connectivity index (χ4v) is 4.20. The zero-order chi connectivity index (χ0) is 17.2. The normalized spacial score (nSPS) is 18.8. The number of fused-ring (bicyclic) bond motifs is 1. The number of imidazole rings is 1. The van der Waals surface area contributed by atoms with Crippen LogP contribution in [0.3, 0.4) is 0 Å². The number of thiazole rings is 1. The molecule has 0 aliphatic carbocycles. The zero-order valence-corrected chi connectivity index (χ0v) is 15.2. The van der Waals surface area contributed by atoms with Crippen LogP contribution in [0.4, 0.5) is 5.82 Å². The highest BCUT2D eigenvalue weighted by atomic mass is 32.1. The largest absolute Gasteiger partial charge is 0.384 e. The van der Waals surface area contributed by atoms with Gasteiger partial charge in [0.1, 0.15) is 5.82 Å². The average Bonchev–Trinajstić information content (AvgIpc) is 3.16. The van der Waals surface area contributed by atoms with Gasteiger partial charge in [0.2, 0.25) is 0 Å². The van der Waals surface area contributed by atoms with Gasteiger partial charge in [0.25, 0.3) is 0 Å². The SMILES string of the molecule is Cc1nc2sccn2c1CN1CCOC(CCc2ccnc(N)c2)C1. The van der Waals surface area contributed by atoms with Gasteiger partial charge >= 0.3 is 0 Å². The number of aryl methyl sites for hydroxylation is 2. The van der Waals surface area contributed by atoms with Crippen LogP contribution in [-0.4, -0.2) is 45.1 Å². The summed E-state index contributed by atoms with van der Waals surface area (Å²) in [5.41, 5.74) is 9.40. The first-order valence-corrected chi connectivity index (χ1v) is 9.52. The van der Waals surface area contributed by atoms with Gasteiger partial charge < -0.3 is 10.5 Å². The molecule has 3 aromatic rings. The van der Waals surface area contributed by atoms with Crippen molar-refractivity contribution in [1.29, 1.82) is 0 Å². The van der Waals surface area contributed by atoms with Crippen molar-refractivity contribution < 1.29 is 4.74 Å². The fraction of sp³-hybridized carbons (Fsp3) is 0.444. The molecule has 0 amide bonds. The number of nitrogens with two attached hydrogens (primary N) is 1. The Balaban J connectivity index is 1.37. The van der Waals surface area contributed by atoms with Gasteiger partial charge in [-0.3, -0.25) is 9.30 Å². The molecule has 3 aromatic heterocycles. The van der Waals surface area contributed by atoms with Gasteiger partial charge in [-0.25, -0.2) is 9.97 Å². The Bertz CT molecular complexity index is 858. The van der Waals surface area contributed by atoms with Crippen LogP contribution in [0, 0.1) is 6.92 Å². The summed E-state index contributed by atoms with van der Waals surface area (Å²) in [4.78, 5) is 12.2. The Morgan fingerprint density at radius 1 is 1.44 bits per heavy atom. The lowest BCUT2D eigenvalue weighted by molar-refractivity contribution is -0.0350. The second-order valence-electron chi connectivity index (χ2n) is 6.56. The van der Waals surface area contributed by atoms with E-state index in [1.54, 1.807) is 17.5 Å². The Labute approximate surface area is 151 Å². The van der Waals surface area contributed by atoms with E-state index in [-0.39, 0.29) is 6.10 Å². The number of hydrogen-bond acceptors (Lipinski definition) is 6. The van der Waals surface area contributed by atoms with Gasteiger partial charge in [0.15, 0.2) is 4.96 Å². The first-order valence-electron chi connectivity index (χ1n) is 8.64. The molecular formula is C18H23N5OS. The van der Waals surface area contributed by atoms with Gasteiger partial charge in [0.05, 0.1) is 24.1 Å². The Hall–Kier alpha value is -1.96. The molecule has 1 saturated heterocycles. The second-order valence-corrected chi connectivity index (χ2v) is 7.43. The maximum absolute atomic E-state index is 5.97. The van der Waals surface area contributed by atoms with Crippen molar-refractivity contribution >= 4 is 22.1 Å². The van der Waals surface area contributed by atoms with Crippen LogP contribution in [0.25, 0.3) is 4.96 Å². The number of nitrogens with zero attached hydrogens (tertiary/aromatic N) is 4. The van der Waals surface area contributed by atoms with Crippen molar-refractivity contribution in [2.75, 3.05) is 25.4 Å². The van der Waals surface area contributed by atoms with Crippen LogP contribution in [0.1, 0.15) is 23.4 Å². The summed E-state index contributed by atoms with van der Waals surface area (Å²) in [6.07, 6.45) is 6.11. The highest BCUT2D eigenvalue weighted by molar-refractivity contribution is 7.15. The molecule has 1 aliphatic heterocycles. The van der Waals surface area contributed by atoms with E-state index in [0.29, 0.717) is 5.82 Å². The molecule has 1 aliphatic rings. The molecule has 4 rings (SSSR count). The van der Waals surface area contributed by atoms with Crippen molar-refractivity contribution in [3.05, 3.63) is 46.9 Å². The predicted octanol–water partition coefficient (Wildman–Crippen LogP) is 2.52. The molecule has 0 radical (unpaired) electrons. The number of aromatic nitrogens is 3. The summed E-state index contributed by atoms with van der Waals surface area (Å²) >= 11 is 1.69. The van der Waals surface area contributed by atoms with Gasteiger partial charge in [-0.1, -0.05) is 0 Å². The first kappa shape index (κ1) is 16.5. The quantitative estimate of drug-likeness (QED) is 0.760. The van der Waals surface area contributed by atoms with Crippen molar-refractivity contribution in [3.63, 3.8) is 0 Å². The molecule has 1 atom stereocenters. The highest BCUT2D eigenvalue weighted by Crippen LogP contribution is 2.20. The van der Waals surface area contributed by atoms with Gasteiger partial charge in [0, 0.05) is 37.4 Å². The van der Waals surface area contributed by atoms with E-state index in [4.69, 9.17) is 10.5 Å². The fourth-order valence-electron chi connectivity index (χ4n) is 3.42. The summed E-state index contributed by atoms with van der Waals surface area (Å²) in [5.74, 6) is 0.583. The van der Waals surface area contributed by atoms with Gasteiger partial charge in [-0.05, 0) is 37.5 Å². The Morgan fingerprint density at radius 3 is 3.24 bits per heavy atom. The lowest BCUT2D eigenvalue weighted by Crippen LogP contribution is -2.42. The summed E-state index contributed by atoms with van der Waals surface area (Å²) in [6, 6.07) is 3.98. The van der Waals surface area contributed by atoms with Crippen LogP contribution in [0.5, 0.6) is 0 Å². The summed E-state index contributed by atoms with van der Waals surface area (Å²) in [6.45, 7) is 5.73.